The second-order valence-electron chi connectivity index (χ2n) is 3.41. The first-order chi connectivity index (χ1) is 7.22. The molecule has 4 heteroatoms. The number of nitriles is 1. The normalized spacial score (nSPS) is 12.3. The highest BCUT2D eigenvalue weighted by atomic mass is 16.3. The first kappa shape index (κ1) is 9.53. The van der Waals surface area contributed by atoms with Crippen molar-refractivity contribution in [3.05, 3.63) is 41.9 Å². The topological polar surface area (TPSA) is 54.8 Å². The summed E-state index contributed by atoms with van der Waals surface area (Å²) in [5.74, 6) is 1.72. The minimum atomic E-state index is -0.432. The summed E-state index contributed by atoms with van der Waals surface area (Å²) in [5.41, 5.74) is 0. The summed E-state index contributed by atoms with van der Waals surface area (Å²) < 4.78 is 7.26. The highest BCUT2D eigenvalue weighted by molar-refractivity contribution is 5.26. The molecule has 4 nitrogen and oxygen atoms in total. The summed E-state index contributed by atoms with van der Waals surface area (Å²) in [4.78, 5) is 4.15. The van der Waals surface area contributed by atoms with Gasteiger partial charge in [0.1, 0.15) is 17.3 Å². The number of rotatable bonds is 2. The molecule has 0 saturated carbocycles. The molecule has 0 aliphatic heterocycles. The van der Waals surface area contributed by atoms with Crippen LogP contribution in [0.25, 0.3) is 0 Å². The summed E-state index contributed by atoms with van der Waals surface area (Å²) >= 11 is 0. The summed E-state index contributed by atoms with van der Waals surface area (Å²) in [6.07, 6.45) is 3.49. The van der Waals surface area contributed by atoms with Crippen LogP contribution in [0.1, 0.15) is 23.3 Å². The zero-order valence-corrected chi connectivity index (χ0v) is 8.64. The molecule has 76 valence electrons. The molecular weight excluding hydrogens is 190 g/mol. The third-order valence-electron chi connectivity index (χ3n) is 2.29. The number of aromatic nitrogens is 2. The number of furan rings is 1. The third kappa shape index (κ3) is 1.64. The molecule has 2 rings (SSSR count). The molecule has 1 atom stereocenters. The Morgan fingerprint density at radius 3 is 2.80 bits per heavy atom. The van der Waals surface area contributed by atoms with Crippen LogP contribution in [0.15, 0.2) is 28.9 Å². The van der Waals surface area contributed by atoms with Gasteiger partial charge in [-0.15, -0.1) is 0 Å². The number of nitrogens with zero attached hydrogens (tertiary/aromatic N) is 3. The molecule has 0 bridgehead atoms. The largest absolute Gasteiger partial charge is 0.464 e. The van der Waals surface area contributed by atoms with E-state index in [2.05, 4.69) is 11.1 Å². The molecule has 1 unspecified atom stereocenters. The quantitative estimate of drug-likeness (QED) is 0.746. The van der Waals surface area contributed by atoms with Crippen LogP contribution < -0.4 is 0 Å². The highest BCUT2D eigenvalue weighted by Gasteiger charge is 2.20. The van der Waals surface area contributed by atoms with E-state index in [9.17, 15) is 0 Å². The first-order valence-electron chi connectivity index (χ1n) is 4.65. The molecule has 15 heavy (non-hydrogen) atoms. The van der Waals surface area contributed by atoms with Crippen LogP contribution >= 0.6 is 0 Å². The number of hydrogen-bond donors (Lipinski definition) is 0. The minimum Gasteiger partial charge on any atom is -0.464 e. The molecule has 0 N–H and O–H groups in total. The zero-order valence-electron chi connectivity index (χ0n) is 8.64. The van der Waals surface area contributed by atoms with Crippen LogP contribution in [0.4, 0.5) is 0 Å². The van der Waals surface area contributed by atoms with Crippen molar-refractivity contribution in [2.75, 3.05) is 0 Å². The Hall–Kier alpha value is -2.02. The van der Waals surface area contributed by atoms with Crippen LogP contribution in [-0.2, 0) is 7.05 Å². The van der Waals surface area contributed by atoms with Gasteiger partial charge in [-0.1, -0.05) is 0 Å². The van der Waals surface area contributed by atoms with Gasteiger partial charge in [-0.25, -0.2) is 4.98 Å². The smallest absolute Gasteiger partial charge is 0.162 e. The second kappa shape index (κ2) is 3.62. The van der Waals surface area contributed by atoms with Crippen LogP contribution in [0.5, 0.6) is 0 Å². The SMILES string of the molecule is Cc1ccc(C(C#N)c2nccn2C)o1. The lowest BCUT2D eigenvalue weighted by Gasteiger charge is -2.05. The maximum absolute atomic E-state index is 9.12. The van der Waals surface area contributed by atoms with E-state index < -0.39 is 5.92 Å². The van der Waals surface area contributed by atoms with Crippen molar-refractivity contribution >= 4 is 0 Å². The summed E-state index contributed by atoms with van der Waals surface area (Å²) in [5, 5.41) is 9.12. The number of aryl methyl sites for hydroxylation is 2. The molecular formula is C11H11N3O. The molecule has 0 saturated heterocycles. The first-order valence-corrected chi connectivity index (χ1v) is 4.65. The summed E-state index contributed by atoms with van der Waals surface area (Å²) in [6.45, 7) is 1.86. The molecule has 0 aliphatic carbocycles. The van der Waals surface area contributed by atoms with Gasteiger partial charge in [0.15, 0.2) is 5.92 Å². The Kier molecular flexibility index (Phi) is 2.30. The average Bonchev–Trinajstić information content (AvgIpc) is 2.79. The number of imidazole rings is 1. The molecule has 0 amide bonds. The van der Waals surface area contributed by atoms with Gasteiger partial charge in [-0.05, 0) is 19.1 Å². The van der Waals surface area contributed by atoms with Gasteiger partial charge < -0.3 is 8.98 Å². The van der Waals surface area contributed by atoms with Gasteiger partial charge in [-0.2, -0.15) is 5.26 Å². The average molecular weight is 201 g/mol. The van der Waals surface area contributed by atoms with E-state index in [-0.39, 0.29) is 0 Å². The maximum atomic E-state index is 9.12. The molecule has 0 aromatic carbocycles. The van der Waals surface area contributed by atoms with Crippen molar-refractivity contribution in [2.45, 2.75) is 12.8 Å². The van der Waals surface area contributed by atoms with Gasteiger partial charge in [0, 0.05) is 19.4 Å². The highest BCUT2D eigenvalue weighted by Crippen LogP contribution is 2.23. The van der Waals surface area contributed by atoms with Crippen molar-refractivity contribution in [2.24, 2.45) is 7.05 Å². The summed E-state index contributed by atoms with van der Waals surface area (Å²) in [6, 6.07) is 5.86. The van der Waals surface area contributed by atoms with Crippen molar-refractivity contribution in [3.63, 3.8) is 0 Å². The van der Waals surface area contributed by atoms with Crippen LogP contribution in [0.2, 0.25) is 0 Å². The van der Waals surface area contributed by atoms with E-state index in [4.69, 9.17) is 9.68 Å². The van der Waals surface area contributed by atoms with Crippen molar-refractivity contribution in [3.8, 4) is 6.07 Å². The van der Waals surface area contributed by atoms with Crippen molar-refractivity contribution in [1.82, 2.24) is 9.55 Å². The minimum absolute atomic E-state index is 0.432. The van der Waals surface area contributed by atoms with E-state index in [1.165, 1.54) is 0 Å². The Labute approximate surface area is 87.8 Å². The fourth-order valence-corrected chi connectivity index (χ4v) is 1.51. The molecule has 2 aromatic rings. The monoisotopic (exact) mass is 201 g/mol. The Morgan fingerprint density at radius 1 is 1.53 bits per heavy atom. The van der Waals surface area contributed by atoms with Gasteiger partial charge in [0.2, 0.25) is 0 Å². The molecule has 0 aliphatic rings. The van der Waals surface area contributed by atoms with E-state index >= 15 is 0 Å². The Balaban J connectivity index is 2.42. The van der Waals surface area contributed by atoms with Gasteiger partial charge >= 0.3 is 0 Å². The van der Waals surface area contributed by atoms with Crippen molar-refractivity contribution in [1.29, 1.82) is 5.26 Å². The Bertz CT molecular complexity index is 504. The van der Waals surface area contributed by atoms with Crippen LogP contribution in [-0.4, -0.2) is 9.55 Å². The van der Waals surface area contributed by atoms with Crippen LogP contribution in [0, 0.1) is 18.3 Å². The van der Waals surface area contributed by atoms with E-state index in [1.54, 1.807) is 6.20 Å². The van der Waals surface area contributed by atoms with Gasteiger partial charge in [0.05, 0.1) is 6.07 Å². The van der Waals surface area contributed by atoms with Crippen molar-refractivity contribution < 1.29 is 4.42 Å². The second-order valence-corrected chi connectivity index (χ2v) is 3.41. The third-order valence-corrected chi connectivity index (χ3v) is 2.29. The van der Waals surface area contributed by atoms with E-state index in [1.807, 2.05) is 36.9 Å². The lowest BCUT2D eigenvalue weighted by atomic mass is 10.1. The van der Waals surface area contributed by atoms with Gasteiger partial charge in [0.25, 0.3) is 0 Å². The summed E-state index contributed by atoms with van der Waals surface area (Å²) in [7, 11) is 1.86. The van der Waals surface area contributed by atoms with E-state index in [0.29, 0.717) is 11.6 Å². The molecule has 0 radical (unpaired) electrons. The fraction of sp³-hybridized carbons (Fsp3) is 0.273. The van der Waals surface area contributed by atoms with E-state index in [0.717, 1.165) is 5.76 Å². The maximum Gasteiger partial charge on any atom is 0.162 e. The van der Waals surface area contributed by atoms with Crippen LogP contribution in [0.3, 0.4) is 0 Å². The molecule has 0 fully saturated rings. The van der Waals surface area contributed by atoms with Gasteiger partial charge in [-0.3, -0.25) is 0 Å². The number of hydrogen-bond acceptors (Lipinski definition) is 3. The predicted octanol–water partition coefficient (Wildman–Crippen LogP) is 1.98. The molecule has 0 spiro atoms. The standard InChI is InChI=1S/C11H11N3O/c1-8-3-4-10(15-8)9(7-12)11-13-5-6-14(11)2/h3-6,9H,1-2H3. The lowest BCUT2D eigenvalue weighted by molar-refractivity contribution is 0.475. The predicted molar refractivity (Wildman–Crippen MR) is 54.1 cm³/mol. The molecule has 2 aromatic heterocycles. The zero-order chi connectivity index (χ0) is 10.8. The fourth-order valence-electron chi connectivity index (χ4n) is 1.51. The Morgan fingerprint density at radius 2 is 2.33 bits per heavy atom. The lowest BCUT2D eigenvalue weighted by Crippen LogP contribution is -2.04. The molecule has 2 heterocycles.